The van der Waals surface area contributed by atoms with Gasteiger partial charge in [-0.05, 0) is 28.7 Å². The lowest BCUT2D eigenvalue weighted by molar-refractivity contribution is -0.114. The number of hydrogen-bond donors (Lipinski definition) is 2. The van der Waals surface area contributed by atoms with Crippen LogP contribution in [0.3, 0.4) is 0 Å². The summed E-state index contributed by atoms with van der Waals surface area (Å²) < 4.78 is 0.832. The van der Waals surface area contributed by atoms with E-state index in [0.29, 0.717) is 11.5 Å². The second kappa shape index (κ2) is 3.70. The maximum Gasteiger partial charge on any atom is 0.221 e. The Morgan fingerprint density at radius 1 is 1.75 bits per heavy atom. The van der Waals surface area contributed by atoms with E-state index in [1.807, 2.05) is 0 Å². The Morgan fingerprint density at radius 2 is 2.42 bits per heavy atom. The number of pyridine rings is 1. The second-order valence-corrected chi connectivity index (χ2v) is 3.43. The third-order valence-electron chi connectivity index (χ3n) is 1.19. The highest BCUT2D eigenvalue weighted by molar-refractivity contribution is 14.1. The van der Waals surface area contributed by atoms with Crippen molar-refractivity contribution in [3.63, 3.8) is 0 Å². The summed E-state index contributed by atoms with van der Waals surface area (Å²) >= 11 is 2.06. The van der Waals surface area contributed by atoms with Crippen LogP contribution in [-0.4, -0.2) is 10.9 Å². The smallest absolute Gasteiger partial charge is 0.221 e. The van der Waals surface area contributed by atoms with Crippen LogP contribution in [0.1, 0.15) is 6.92 Å². The Labute approximate surface area is 83.7 Å². The van der Waals surface area contributed by atoms with Crippen LogP contribution in [0, 0.1) is 3.57 Å². The summed E-state index contributed by atoms with van der Waals surface area (Å²) in [6.07, 6.45) is 1.53. The Bertz CT molecular complexity index is 314. The van der Waals surface area contributed by atoms with E-state index in [-0.39, 0.29) is 5.91 Å². The maximum atomic E-state index is 10.6. The number of nitrogens with one attached hydrogen (secondary N) is 1. The minimum absolute atomic E-state index is 0.114. The zero-order valence-corrected chi connectivity index (χ0v) is 8.62. The van der Waals surface area contributed by atoms with Gasteiger partial charge in [0.15, 0.2) is 0 Å². The highest BCUT2D eigenvalue weighted by Gasteiger charge is 1.99. The number of hydrogen-bond acceptors (Lipinski definition) is 3. The van der Waals surface area contributed by atoms with Crippen LogP contribution >= 0.6 is 22.6 Å². The van der Waals surface area contributed by atoms with Gasteiger partial charge in [0.25, 0.3) is 0 Å². The summed E-state index contributed by atoms with van der Waals surface area (Å²) in [4.78, 5) is 14.5. The number of rotatable bonds is 1. The molecule has 4 nitrogen and oxygen atoms in total. The number of anilines is 2. The standard InChI is InChI=1S/C7H8IN3O/c1-4(12)11-5-2-6(8)7(9)10-3-5/h2-3H,1H3,(H2,9,10)(H,11,12). The first kappa shape index (κ1) is 9.24. The predicted octanol–water partition coefficient (Wildman–Crippen LogP) is 1.23. The van der Waals surface area contributed by atoms with Crippen molar-refractivity contribution in [3.8, 4) is 0 Å². The fourth-order valence-corrected chi connectivity index (χ4v) is 1.19. The topological polar surface area (TPSA) is 68.0 Å². The Kier molecular flexibility index (Phi) is 2.85. The summed E-state index contributed by atoms with van der Waals surface area (Å²) in [6.45, 7) is 1.45. The summed E-state index contributed by atoms with van der Waals surface area (Å²) in [6, 6.07) is 1.77. The molecule has 0 unspecified atom stereocenters. The van der Waals surface area contributed by atoms with Gasteiger partial charge in [-0.3, -0.25) is 4.79 Å². The SMILES string of the molecule is CC(=O)Nc1cnc(N)c(I)c1. The number of carbonyl (C=O) groups is 1. The molecule has 0 aliphatic carbocycles. The third kappa shape index (κ3) is 2.33. The zero-order valence-electron chi connectivity index (χ0n) is 6.47. The fourth-order valence-electron chi connectivity index (χ4n) is 0.720. The number of aromatic nitrogens is 1. The van der Waals surface area contributed by atoms with E-state index in [1.54, 1.807) is 6.07 Å². The molecule has 1 amide bonds. The van der Waals surface area contributed by atoms with E-state index in [0.717, 1.165) is 3.57 Å². The van der Waals surface area contributed by atoms with E-state index < -0.39 is 0 Å². The zero-order chi connectivity index (χ0) is 9.14. The monoisotopic (exact) mass is 277 g/mol. The molecule has 1 rings (SSSR count). The molecule has 0 saturated heterocycles. The molecule has 0 fully saturated rings. The first-order valence-electron chi connectivity index (χ1n) is 3.28. The van der Waals surface area contributed by atoms with Crippen molar-refractivity contribution in [2.45, 2.75) is 6.92 Å². The highest BCUT2D eigenvalue weighted by atomic mass is 127. The van der Waals surface area contributed by atoms with Crippen molar-refractivity contribution in [1.29, 1.82) is 0 Å². The van der Waals surface area contributed by atoms with Crippen LogP contribution in [0.25, 0.3) is 0 Å². The number of carbonyl (C=O) groups excluding carboxylic acids is 1. The summed E-state index contributed by atoms with van der Waals surface area (Å²) in [5, 5.41) is 2.61. The average molecular weight is 277 g/mol. The molecule has 0 aliphatic rings. The van der Waals surface area contributed by atoms with Crippen LogP contribution in [0.15, 0.2) is 12.3 Å². The molecule has 0 aliphatic heterocycles. The van der Waals surface area contributed by atoms with Crippen molar-refractivity contribution in [3.05, 3.63) is 15.8 Å². The lowest BCUT2D eigenvalue weighted by atomic mass is 10.4. The van der Waals surface area contributed by atoms with Crippen LogP contribution < -0.4 is 11.1 Å². The highest BCUT2D eigenvalue weighted by Crippen LogP contribution is 2.16. The Morgan fingerprint density at radius 3 is 2.92 bits per heavy atom. The lowest BCUT2D eigenvalue weighted by Crippen LogP contribution is -2.07. The number of amides is 1. The molecule has 3 N–H and O–H groups in total. The molecule has 0 spiro atoms. The van der Waals surface area contributed by atoms with Crippen molar-refractivity contribution in [2.24, 2.45) is 0 Å². The number of nitrogen functional groups attached to an aromatic ring is 1. The van der Waals surface area contributed by atoms with Gasteiger partial charge in [0.05, 0.1) is 15.5 Å². The van der Waals surface area contributed by atoms with Gasteiger partial charge in [-0.2, -0.15) is 0 Å². The number of nitrogens with two attached hydrogens (primary N) is 1. The minimum atomic E-state index is -0.114. The van der Waals surface area contributed by atoms with Crippen LogP contribution in [0.4, 0.5) is 11.5 Å². The molecule has 12 heavy (non-hydrogen) atoms. The molecule has 0 atom stereocenters. The average Bonchev–Trinajstić information content (AvgIpc) is 1.96. The minimum Gasteiger partial charge on any atom is -0.383 e. The van der Waals surface area contributed by atoms with Crippen LogP contribution in [0.2, 0.25) is 0 Å². The van der Waals surface area contributed by atoms with Gasteiger partial charge < -0.3 is 11.1 Å². The van der Waals surface area contributed by atoms with E-state index in [4.69, 9.17) is 5.73 Å². The van der Waals surface area contributed by atoms with Gasteiger partial charge in [0, 0.05) is 6.92 Å². The van der Waals surface area contributed by atoms with E-state index in [2.05, 4.69) is 32.9 Å². The van der Waals surface area contributed by atoms with Crippen LogP contribution in [-0.2, 0) is 4.79 Å². The fraction of sp³-hybridized carbons (Fsp3) is 0.143. The molecule has 0 bridgehead atoms. The first-order valence-corrected chi connectivity index (χ1v) is 4.36. The first-order chi connectivity index (χ1) is 5.59. The molecule has 1 aromatic rings. The summed E-state index contributed by atoms with van der Waals surface area (Å²) in [7, 11) is 0. The molecule has 1 heterocycles. The van der Waals surface area contributed by atoms with Gasteiger partial charge in [-0.15, -0.1) is 0 Å². The normalized spacial score (nSPS) is 9.50. The molecular weight excluding hydrogens is 269 g/mol. The van der Waals surface area contributed by atoms with Crippen molar-refractivity contribution in [1.82, 2.24) is 4.98 Å². The summed E-state index contributed by atoms with van der Waals surface area (Å²) in [5.74, 6) is 0.363. The molecule has 0 aromatic carbocycles. The quantitative estimate of drug-likeness (QED) is 0.758. The van der Waals surface area contributed by atoms with Gasteiger partial charge in [0.1, 0.15) is 5.82 Å². The molecule has 5 heteroatoms. The summed E-state index contributed by atoms with van der Waals surface area (Å²) in [5.41, 5.74) is 6.16. The van der Waals surface area contributed by atoms with E-state index in [9.17, 15) is 4.79 Å². The molecular formula is C7H8IN3O. The predicted molar refractivity (Wildman–Crippen MR) is 55.7 cm³/mol. The van der Waals surface area contributed by atoms with Crippen molar-refractivity contribution >= 4 is 40.0 Å². The Hall–Kier alpha value is -0.850. The van der Waals surface area contributed by atoms with Gasteiger partial charge >= 0.3 is 0 Å². The third-order valence-corrected chi connectivity index (χ3v) is 2.05. The molecule has 1 aromatic heterocycles. The van der Waals surface area contributed by atoms with Crippen molar-refractivity contribution in [2.75, 3.05) is 11.1 Å². The largest absolute Gasteiger partial charge is 0.383 e. The number of halogens is 1. The van der Waals surface area contributed by atoms with Crippen LogP contribution in [0.5, 0.6) is 0 Å². The van der Waals surface area contributed by atoms with E-state index in [1.165, 1.54) is 13.1 Å². The van der Waals surface area contributed by atoms with E-state index >= 15 is 0 Å². The molecule has 64 valence electrons. The number of nitrogens with zero attached hydrogens (tertiary/aromatic N) is 1. The van der Waals surface area contributed by atoms with Gasteiger partial charge in [-0.25, -0.2) is 4.98 Å². The van der Waals surface area contributed by atoms with Gasteiger partial charge in [0.2, 0.25) is 5.91 Å². The maximum absolute atomic E-state index is 10.6. The Balaban J connectivity index is 2.89. The molecule has 0 radical (unpaired) electrons. The van der Waals surface area contributed by atoms with Crippen molar-refractivity contribution < 1.29 is 4.79 Å². The van der Waals surface area contributed by atoms with Gasteiger partial charge in [-0.1, -0.05) is 0 Å². The lowest BCUT2D eigenvalue weighted by Gasteiger charge is -2.02. The second-order valence-electron chi connectivity index (χ2n) is 2.27. The molecule has 0 saturated carbocycles.